The molecule has 94 valence electrons. The minimum absolute atomic E-state index is 0.703. The molecule has 0 radical (unpaired) electrons. The van der Waals surface area contributed by atoms with E-state index in [0.29, 0.717) is 5.69 Å². The van der Waals surface area contributed by atoms with Crippen molar-refractivity contribution < 1.29 is 4.74 Å². The zero-order valence-electron chi connectivity index (χ0n) is 10.9. The summed E-state index contributed by atoms with van der Waals surface area (Å²) in [6, 6.07) is 6.05. The van der Waals surface area contributed by atoms with E-state index in [2.05, 4.69) is 24.8 Å². The highest BCUT2D eigenvalue weighted by molar-refractivity contribution is 5.62. The Morgan fingerprint density at radius 2 is 2.06 bits per heavy atom. The van der Waals surface area contributed by atoms with Crippen LogP contribution in [0.5, 0.6) is 5.75 Å². The normalized spacial score (nSPS) is 24.8. The quantitative estimate of drug-likeness (QED) is 0.800. The van der Waals surface area contributed by atoms with Gasteiger partial charge in [-0.25, -0.2) is 0 Å². The summed E-state index contributed by atoms with van der Waals surface area (Å²) >= 11 is 0. The van der Waals surface area contributed by atoms with Gasteiger partial charge in [-0.1, -0.05) is 13.8 Å². The maximum Gasteiger partial charge on any atom is 0.143 e. The number of benzene rings is 1. The van der Waals surface area contributed by atoms with Crippen LogP contribution in [0.4, 0.5) is 11.4 Å². The van der Waals surface area contributed by atoms with Crippen molar-refractivity contribution >= 4 is 11.4 Å². The molecule has 2 N–H and O–H groups in total. The van der Waals surface area contributed by atoms with Gasteiger partial charge in [-0.05, 0) is 30.4 Å². The van der Waals surface area contributed by atoms with E-state index in [1.54, 1.807) is 7.11 Å². The Morgan fingerprint density at radius 1 is 1.29 bits per heavy atom. The lowest BCUT2D eigenvalue weighted by Gasteiger charge is -2.37. The monoisotopic (exact) mass is 234 g/mol. The summed E-state index contributed by atoms with van der Waals surface area (Å²) in [5, 5.41) is 0. The molecule has 0 saturated carbocycles. The van der Waals surface area contributed by atoms with Crippen molar-refractivity contribution in [3.8, 4) is 5.75 Å². The fourth-order valence-electron chi connectivity index (χ4n) is 2.39. The molecule has 2 unspecified atom stereocenters. The van der Waals surface area contributed by atoms with Crippen LogP contribution in [0.25, 0.3) is 0 Å². The van der Waals surface area contributed by atoms with Gasteiger partial charge in [0.15, 0.2) is 0 Å². The summed E-state index contributed by atoms with van der Waals surface area (Å²) in [5.41, 5.74) is 7.76. The number of hydrogen-bond donors (Lipinski definition) is 1. The number of rotatable bonds is 2. The number of hydrogen-bond acceptors (Lipinski definition) is 3. The lowest BCUT2D eigenvalue weighted by atomic mass is 9.88. The zero-order valence-corrected chi connectivity index (χ0v) is 10.9. The van der Waals surface area contributed by atoms with Gasteiger partial charge in [-0.3, -0.25) is 0 Å². The zero-order chi connectivity index (χ0) is 12.4. The van der Waals surface area contributed by atoms with Gasteiger partial charge in [0.2, 0.25) is 0 Å². The molecule has 2 rings (SSSR count). The fraction of sp³-hybridized carbons (Fsp3) is 0.571. The maximum absolute atomic E-state index is 5.84. The van der Waals surface area contributed by atoms with E-state index in [-0.39, 0.29) is 0 Å². The first-order chi connectivity index (χ1) is 8.11. The third-order valence-corrected chi connectivity index (χ3v) is 3.92. The van der Waals surface area contributed by atoms with Gasteiger partial charge in [0, 0.05) is 24.8 Å². The largest absolute Gasteiger partial charge is 0.495 e. The highest BCUT2D eigenvalue weighted by Gasteiger charge is 2.23. The summed E-state index contributed by atoms with van der Waals surface area (Å²) in [6.45, 7) is 6.91. The summed E-state index contributed by atoms with van der Waals surface area (Å²) < 4.78 is 5.27. The number of nitrogen functional groups attached to an aromatic ring is 1. The lowest BCUT2D eigenvalue weighted by Crippen LogP contribution is -2.38. The highest BCUT2D eigenvalue weighted by atomic mass is 16.5. The van der Waals surface area contributed by atoms with Crippen molar-refractivity contribution in [3.05, 3.63) is 18.2 Å². The van der Waals surface area contributed by atoms with E-state index < -0.39 is 0 Å². The predicted octanol–water partition coefficient (Wildman–Crippen LogP) is 2.76. The number of nitrogens with two attached hydrogens (primary N) is 1. The Bertz CT molecular complexity index is 392. The molecular weight excluding hydrogens is 212 g/mol. The number of piperidine rings is 1. The SMILES string of the molecule is COc1cc(N2CCC(C)C(C)C2)ccc1N. The molecule has 0 aliphatic carbocycles. The highest BCUT2D eigenvalue weighted by Crippen LogP contribution is 2.31. The molecule has 0 aromatic heterocycles. The minimum Gasteiger partial charge on any atom is -0.495 e. The Kier molecular flexibility index (Phi) is 3.46. The van der Waals surface area contributed by atoms with Crippen LogP contribution in [-0.2, 0) is 0 Å². The molecule has 3 heteroatoms. The maximum atomic E-state index is 5.84. The van der Waals surface area contributed by atoms with E-state index >= 15 is 0 Å². The van der Waals surface area contributed by atoms with Crippen LogP contribution in [-0.4, -0.2) is 20.2 Å². The number of anilines is 2. The van der Waals surface area contributed by atoms with Crippen LogP contribution in [0.1, 0.15) is 20.3 Å². The Hall–Kier alpha value is -1.38. The molecule has 3 nitrogen and oxygen atoms in total. The second-order valence-electron chi connectivity index (χ2n) is 5.12. The molecule has 1 aliphatic rings. The first kappa shape index (κ1) is 12.1. The van der Waals surface area contributed by atoms with Crippen LogP contribution in [0.3, 0.4) is 0 Å². The third-order valence-electron chi connectivity index (χ3n) is 3.92. The molecule has 17 heavy (non-hydrogen) atoms. The van der Waals surface area contributed by atoms with Gasteiger partial charge in [0.25, 0.3) is 0 Å². The van der Waals surface area contributed by atoms with Gasteiger partial charge in [0.05, 0.1) is 12.8 Å². The Labute approximate surface area is 104 Å². The van der Waals surface area contributed by atoms with Crippen LogP contribution in [0.15, 0.2) is 18.2 Å². The van der Waals surface area contributed by atoms with E-state index in [0.717, 1.165) is 30.7 Å². The predicted molar refractivity (Wildman–Crippen MR) is 72.6 cm³/mol. The first-order valence-corrected chi connectivity index (χ1v) is 6.30. The number of ether oxygens (including phenoxy) is 1. The Balaban J connectivity index is 2.17. The molecule has 1 aromatic rings. The second-order valence-corrected chi connectivity index (χ2v) is 5.12. The lowest BCUT2D eigenvalue weighted by molar-refractivity contribution is 0.323. The molecule has 1 heterocycles. The fourth-order valence-corrected chi connectivity index (χ4v) is 2.39. The van der Waals surface area contributed by atoms with Crippen LogP contribution in [0.2, 0.25) is 0 Å². The molecule has 1 fully saturated rings. The van der Waals surface area contributed by atoms with E-state index in [1.165, 1.54) is 12.1 Å². The average molecular weight is 234 g/mol. The Morgan fingerprint density at radius 3 is 2.71 bits per heavy atom. The topological polar surface area (TPSA) is 38.5 Å². The molecule has 0 spiro atoms. The van der Waals surface area contributed by atoms with E-state index in [4.69, 9.17) is 10.5 Å². The van der Waals surface area contributed by atoms with Gasteiger partial charge >= 0.3 is 0 Å². The van der Waals surface area contributed by atoms with Crippen LogP contribution < -0.4 is 15.4 Å². The van der Waals surface area contributed by atoms with E-state index in [9.17, 15) is 0 Å². The minimum atomic E-state index is 0.703. The van der Waals surface area contributed by atoms with Gasteiger partial charge in [0.1, 0.15) is 5.75 Å². The van der Waals surface area contributed by atoms with Gasteiger partial charge < -0.3 is 15.4 Å². The van der Waals surface area contributed by atoms with Crippen LogP contribution >= 0.6 is 0 Å². The molecule has 0 bridgehead atoms. The second kappa shape index (κ2) is 4.86. The van der Waals surface area contributed by atoms with Crippen molar-refractivity contribution in [1.82, 2.24) is 0 Å². The molecular formula is C14H22N2O. The summed E-state index contributed by atoms with van der Waals surface area (Å²) in [4.78, 5) is 2.42. The molecule has 1 aliphatic heterocycles. The standard InChI is InChI=1S/C14H22N2O/c1-10-6-7-16(9-11(10)2)12-4-5-13(15)14(8-12)17-3/h4-5,8,10-11H,6-7,9,15H2,1-3H3. The average Bonchev–Trinajstić information content (AvgIpc) is 2.33. The molecule has 1 saturated heterocycles. The van der Waals surface area contributed by atoms with Gasteiger partial charge in [-0.15, -0.1) is 0 Å². The van der Waals surface area contributed by atoms with Crippen LogP contribution in [0, 0.1) is 11.8 Å². The molecule has 0 amide bonds. The van der Waals surface area contributed by atoms with Crippen molar-refractivity contribution in [3.63, 3.8) is 0 Å². The number of nitrogens with zero attached hydrogens (tertiary/aromatic N) is 1. The van der Waals surface area contributed by atoms with Crippen molar-refractivity contribution in [2.75, 3.05) is 30.8 Å². The van der Waals surface area contributed by atoms with Crippen molar-refractivity contribution in [2.24, 2.45) is 11.8 Å². The molecule has 1 aromatic carbocycles. The first-order valence-electron chi connectivity index (χ1n) is 6.30. The third kappa shape index (κ3) is 2.48. The van der Waals surface area contributed by atoms with Crippen molar-refractivity contribution in [2.45, 2.75) is 20.3 Å². The summed E-state index contributed by atoms with van der Waals surface area (Å²) in [6.07, 6.45) is 1.26. The van der Waals surface area contributed by atoms with Gasteiger partial charge in [-0.2, -0.15) is 0 Å². The molecule has 2 atom stereocenters. The van der Waals surface area contributed by atoms with E-state index in [1.807, 2.05) is 12.1 Å². The number of methoxy groups -OCH3 is 1. The summed E-state index contributed by atoms with van der Waals surface area (Å²) in [7, 11) is 1.66. The smallest absolute Gasteiger partial charge is 0.143 e. The van der Waals surface area contributed by atoms with Crippen molar-refractivity contribution in [1.29, 1.82) is 0 Å². The summed E-state index contributed by atoms with van der Waals surface area (Å²) in [5.74, 6) is 2.34.